The lowest BCUT2D eigenvalue weighted by Gasteiger charge is -2.34. The van der Waals surface area contributed by atoms with Crippen molar-refractivity contribution in [2.24, 2.45) is 12.5 Å². The third kappa shape index (κ3) is 2.74. The van der Waals surface area contributed by atoms with Gasteiger partial charge in [0.25, 0.3) is 0 Å². The van der Waals surface area contributed by atoms with Crippen molar-refractivity contribution in [2.45, 2.75) is 25.5 Å². The second-order valence-electron chi connectivity index (χ2n) is 8.93. The fourth-order valence-corrected chi connectivity index (χ4v) is 5.01. The number of nitrogen functional groups attached to an aromatic ring is 1. The average Bonchev–Trinajstić information content (AvgIpc) is 3.45. The number of ether oxygens (including phenoxy) is 1. The van der Waals surface area contributed by atoms with Gasteiger partial charge in [0.15, 0.2) is 0 Å². The van der Waals surface area contributed by atoms with Crippen LogP contribution in [0, 0.1) is 5.41 Å². The first-order valence-electron chi connectivity index (χ1n) is 10.6. The largest absolute Gasteiger partial charge is 0.411 e. The average molecular weight is 431 g/mol. The van der Waals surface area contributed by atoms with Crippen LogP contribution >= 0.6 is 0 Å². The zero-order valence-electron chi connectivity index (χ0n) is 17.6. The van der Waals surface area contributed by atoms with Crippen LogP contribution in [0.4, 0.5) is 5.95 Å². The molecule has 0 spiro atoms. The number of nitrogens with one attached hydrogen (secondary N) is 1. The molecular formula is C23H23N6O3+. The minimum Gasteiger partial charge on any atom is -0.378 e. The first-order valence-corrected chi connectivity index (χ1v) is 10.6. The zero-order chi connectivity index (χ0) is 22.0. The molecule has 9 nitrogen and oxygen atoms in total. The Kier molecular flexibility index (Phi) is 3.94. The number of aromatic nitrogens is 5. The molecule has 32 heavy (non-hydrogen) atoms. The minimum absolute atomic E-state index is 0.0238. The van der Waals surface area contributed by atoms with Gasteiger partial charge in [-0.05, 0) is 18.9 Å². The molecule has 0 unspecified atom stereocenters. The molecule has 5 heterocycles. The van der Waals surface area contributed by atoms with Crippen LogP contribution in [0.2, 0.25) is 0 Å². The van der Waals surface area contributed by atoms with E-state index in [-0.39, 0.29) is 22.6 Å². The number of nitrogens with zero attached hydrogens (tertiary/aromatic N) is 4. The number of H-pyrrole nitrogens is 1. The van der Waals surface area contributed by atoms with Crippen LogP contribution in [-0.2, 0) is 18.3 Å². The van der Waals surface area contributed by atoms with Crippen molar-refractivity contribution in [3.63, 3.8) is 0 Å². The molecule has 3 aromatic heterocycles. The Bertz CT molecular complexity index is 1470. The molecule has 1 saturated carbocycles. The monoisotopic (exact) mass is 431 g/mol. The molecule has 0 radical (unpaired) electrons. The predicted octanol–water partition coefficient (Wildman–Crippen LogP) is 1.10. The number of benzene rings is 1. The Morgan fingerprint density at radius 1 is 1.16 bits per heavy atom. The van der Waals surface area contributed by atoms with Crippen LogP contribution in [-0.4, -0.2) is 31.5 Å². The Labute approximate surface area is 182 Å². The van der Waals surface area contributed by atoms with Crippen molar-refractivity contribution in [1.29, 1.82) is 0 Å². The lowest BCUT2D eigenvalue weighted by molar-refractivity contribution is -0.351. The zero-order valence-corrected chi connectivity index (χ0v) is 17.6. The van der Waals surface area contributed by atoms with E-state index in [0.29, 0.717) is 30.5 Å². The maximum Gasteiger partial charge on any atom is 0.411 e. The minimum atomic E-state index is -0.288. The highest BCUT2D eigenvalue weighted by molar-refractivity contribution is 5.88. The van der Waals surface area contributed by atoms with Crippen LogP contribution in [0.5, 0.6) is 0 Å². The van der Waals surface area contributed by atoms with E-state index in [0.717, 1.165) is 29.7 Å². The van der Waals surface area contributed by atoms with Crippen molar-refractivity contribution in [1.82, 2.24) is 18.7 Å². The van der Waals surface area contributed by atoms with Crippen molar-refractivity contribution >= 4 is 11.6 Å². The van der Waals surface area contributed by atoms with Gasteiger partial charge in [0.1, 0.15) is 5.69 Å². The Hall–Kier alpha value is -3.72. The molecule has 1 aromatic carbocycles. The summed E-state index contributed by atoms with van der Waals surface area (Å²) < 4.78 is 10.1. The van der Waals surface area contributed by atoms with E-state index in [4.69, 9.17) is 15.6 Å². The summed E-state index contributed by atoms with van der Waals surface area (Å²) in [6.07, 6.45) is 3.97. The number of pyridine rings is 1. The number of aryl methyl sites for hydroxylation is 1. The summed E-state index contributed by atoms with van der Waals surface area (Å²) in [5, 5.41) is 4.75. The van der Waals surface area contributed by atoms with Crippen molar-refractivity contribution in [3.05, 3.63) is 69.5 Å². The van der Waals surface area contributed by atoms with Crippen LogP contribution in [0.3, 0.4) is 0 Å². The van der Waals surface area contributed by atoms with Gasteiger partial charge >= 0.3 is 11.6 Å². The molecule has 3 N–H and O–H groups in total. The fraction of sp³-hybridized carbons (Fsp3) is 0.304. The first kappa shape index (κ1) is 19.0. The number of anilines is 1. The van der Waals surface area contributed by atoms with Crippen LogP contribution in [0.15, 0.2) is 58.3 Å². The molecular weight excluding hydrogens is 408 g/mol. The van der Waals surface area contributed by atoms with Crippen molar-refractivity contribution in [2.75, 3.05) is 12.3 Å². The smallest absolute Gasteiger partial charge is 0.378 e. The van der Waals surface area contributed by atoms with Crippen LogP contribution in [0.1, 0.15) is 12.8 Å². The number of fused-ring (bicyclic) bond motifs is 2. The van der Waals surface area contributed by atoms with E-state index in [1.165, 1.54) is 19.7 Å². The van der Waals surface area contributed by atoms with Gasteiger partial charge in [-0.15, -0.1) is 9.50 Å². The van der Waals surface area contributed by atoms with Gasteiger partial charge in [-0.3, -0.25) is 10.5 Å². The van der Waals surface area contributed by atoms with Gasteiger partial charge in [0.2, 0.25) is 11.2 Å². The highest BCUT2D eigenvalue weighted by Crippen LogP contribution is 2.50. The van der Waals surface area contributed by atoms with Gasteiger partial charge in [-0.2, -0.15) is 4.68 Å². The van der Waals surface area contributed by atoms with E-state index in [9.17, 15) is 9.59 Å². The maximum atomic E-state index is 13.3. The van der Waals surface area contributed by atoms with E-state index < -0.39 is 0 Å². The predicted molar refractivity (Wildman–Crippen MR) is 118 cm³/mol. The molecule has 2 saturated heterocycles. The molecule has 2 aliphatic heterocycles. The lowest BCUT2D eigenvalue weighted by Crippen LogP contribution is -2.40. The van der Waals surface area contributed by atoms with E-state index in [1.807, 2.05) is 30.3 Å². The molecule has 3 aliphatic rings. The van der Waals surface area contributed by atoms with E-state index in [1.54, 1.807) is 19.3 Å². The maximum absolute atomic E-state index is 13.3. The Morgan fingerprint density at radius 2 is 1.94 bits per heavy atom. The molecule has 0 amide bonds. The second kappa shape index (κ2) is 6.64. The first-order chi connectivity index (χ1) is 15.4. The summed E-state index contributed by atoms with van der Waals surface area (Å²) >= 11 is 0. The van der Waals surface area contributed by atoms with Gasteiger partial charge in [-0.1, -0.05) is 30.3 Å². The Morgan fingerprint density at radius 3 is 2.62 bits per heavy atom. The molecule has 7 rings (SSSR count). The Balaban J connectivity index is 1.63. The van der Waals surface area contributed by atoms with Gasteiger partial charge in [0.05, 0.1) is 24.8 Å². The lowest BCUT2D eigenvalue weighted by atomic mass is 9.70. The third-order valence-corrected chi connectivity index (χ3v) is 6.68. The summed E-state index contributed by atoms with van der Waals surface area (Å²) in [4.78, 5) is 28.5. The highest BCUT2D eigenvalue weighted by atomic mass is 16.5. The van der Waals surface area contributed by atoms with Crippen molar-refractivity contribution < 1.29 is 9.72 Å². The molecule has 0 atom stereocenters. The normalized spacial score (nSPS) is 21.7. The van der Waals surface area contributed by atoms with E-state index >= 15 is 0 Å². The second-order valence-corrected chi connectivity index (χ2v) is 8.93. The summed E-state index contributed by atoms with van der Waals surface area (Å²) in [7, 11) is 1.70. The van der Waals surface area contributed by atoms with Crippen LogP contribution in [0.25, 0.3) is 28.0 Å². The SMILES string of the molecule is Cn1cc(-c2c(-c3ccccc3)[nH+]c(N)n3c(=O)n(CC45COC(C4)C5)nc23)ccc1=O. The van der Waals surface area contributed by atoms with Gasteiger partial charge in [0, 0.05) is 35.9 Å². The summed E-state index contributed by atoms with van der Waals surface area (Å²) in [6, 6.07) is 13.0. The molecule has 2 bridgehead atoms. The standard InChI is InChI=1S/C23H22N6O3/c1-27-11-15(7-8-17(27)30)18-19(14-5-3-2-4-6-14)25-21(24)29-20(18)26-28(22(29)31)12-23-9-16(10-23)32-13-23/h2-8,11,16H,9-10,12-13H2,1H3,(H2,24,25)/p+1. The summed E-state index contributed by atoms with van der Waals surface area (Å²) in [5.74, 6) is 0.204. The number of hydrogen-bond donors (Lipinski definition) is 1. The molecule has 162 valence electrons. The highest BCUT2D eigenvalue weighted by Gasteiger charge is 2.52. The number of hydrogen-bond acceptors (Lipinski definition) is 5. The van der Waals surface area contributed by atoms with Crippen molar-refractivity contribution in [3.8, 4) is 22.4 Å². The topological polar surface area (TPSA) is 111 Å². The molecule has 1 aliphatic carbocycles. The number of aromatic amines is 1. The number of nitrogens with two attached hydrogens (primary N) is 1. The fourth-order valence-electron chi connectivity index (χ4n) is 5.01. The van der Waals surface area contributed by atoms with Gasteiger partial charge < -0.3 is 9.30 Å². The summed E-state index contributed by atoms with van der Waals surface area (Å²) in [5.41, 5.74) is 9.46. The quantitative estimate of drug-likeness (QED) is 0.520. The molecule has 9 heteroatoms. The number of rotatable bonds is 4. The van der Waals surface area contributed by atoms with E-state index in [2.05, 4.69) is 4.98 Å². The van der Waals surface area contributed by atoms with Crippen LogP contribution < -0.4 is 22.0 Å². The molecule has 4 aromatic rings. The summed E-state index contributed by atoms with van der Waals surface area (Å²) in [6.45, 7) is 1.15. The third-order valence-electron chi connectivity index (χ3n) is 6.68. The molecule has 3 fully saturated rings. The van der Waals surface area contributed by atoms with Gasteiger partial charge in [-0.25, -0.2) is 9.78 Å².